The van der Waals surface area contributed by atoms with Crippen LogP contribution in [0.2, 0.25) is 5.02 Å². The zero-order valence-corrected chi connectivity index (χ0v) is 13.8. The number of hydrogen-bond donors (Lipinski definition) is 1. The summed E-state index contributed by atoms with van der Waals surface area (Å²) in [6.45, 7) is 0. The molecule has 6 heteroatoms. The molecule has 1 N–H and O–H groups in total. The predicted octanol–water partition coefficient (Wildman–Crippen LogP) is 3.85. The number of para-hydroxylation sites is 1. The summed E-state index contributed by atoms with van der Waals surface area (Å²) >= 11 is 9.31. The number of carbonyl (C=O) groups excluding carboxylic acids is 2. The van der Waals surface area contributed by atoms with Crippen molar-refractivity contribution >= 4 is 50.7 Å². The van der Waals surface area contributed by atoms with Crippen LogP contribution in [0.15, 0.2) is 53.0 Å². The van der Waals surface area contributed by atoms with Crippen LogP contribution in [0.25, 0.3) is 0 Å². The second-order valence-electron chi connectivity index (χ2n) is 4.93. The molecular weight excluding hydrogens is 368 g/mol. The molecule has 0 unspecified atom stereocenters. The number of carbonyl (C=O) groups is 2. The molecule has 22 heavy (non-hydrogen) atoms. The Labute approximate surface area is 141 Å². The zero-order chi connectivity index (χ0) is 15.7. The van der Waals surface area contributed by atoms with Gasteiger partial charge in [-0.25, -0.2) is 4.90 Å². The molecule has 0 saturated carbocycles. The van der Waals surface area contributed by atoms with Crippen LogP contribution in [0.3, 0.4) is 0 Å². The lowest BCUT2D eigenvalue weighted by molar-refractivity contribution is -0.121. The van der Waals surface area contributed by atoms with Crippen molar-refractivity contribution in [2.75, 3.05) is 10.2 Å². The highest BCUT2D eigenvalue weighted by Gasteiger charge is 2.40. The third-order valence-corrected chi connectivity index (χ3v) is 4.31. The molecule has 0 aliphatic carbocycles. The van der Waals surface area contributed by atoms with Gasteiger partial charge in [-0.3, -0.25) is 9.59 Å². The molecule has 1 aliphatic heterocycles. The molecule has 3 rings (SSSR count). The Balaban J connectivity index is 1.84. The summed E-state index contributed by atoms with van der Waals surface area (Å²) in [6, 6.07) is 13.6. The van der Waals surface area contributed by atoms with Crippen molar-refractivity contribution in [3.8, 4) is 0 Å². The van der Waals surface area contributed by atoms with E-state index in [0.717, 1.165) is 0 Å². The molecule has 2 aromatic rings. The third kappa shape index (κ3) is 2.87. The van der Waals surface area contributed by atoms with E-state index in [0.29, 0.717) is 20.9 Å². The van der Waals surface area contributed by atoms with Gasteiger partial charge in [0.25, 0.3) is 5.91 Å². The molecule has 4 nitrogen and oxygen atoms in total. The van der Waals surface area contributed by atoms with Gasteiger partial charge in [-0.2, -0.15) is 0 Å². The molecule has 0 spiro atoms. The van der Waals surface area contributed by atoms with Crippen LogP contribution in [0.1, 0.15) is 6.42 Å². The lowest BCUT2D eigenvalue weighted by Crippen LogP contribution is -2.35. The van der Waals surface area contributed by atoms with Crippen molar-refractivity contribution in [3.63, 3.8) is 0 Å². The van der Waals surface area contributed by atoms with E-state index in [1.165, 1.54) is 4.90 Å². The van der Waals surface area contributed by atoms with E-state index in [2.05, 4.69) is 21.2 Å². The van der Waals surface area contributed by atoms with Crippen molar-refractivity contribution < 1.29 is 9.59 Å². The summed E-state index contributed by atoms with van der Waals surface area (Å²) in [4.78, 5) is 26.0. The number of nitrogens with zero attached hydrogens (tertiary/aromatic N) is 1. The summed E-state index contributed by atoms with van der Waals surface area (Å²) in [7, 11) is 0. The Morgan fingerprint density at radius 1 is 1.14 bits per heavy atom. The van der Waals surface area contributed by atoms with E-state index < -0.39 is 6.04 Å². The summed E-state index contributed by atoms with van der Waals surface area (Å²) in [5.41, 5.74) is 1.28. The number of amides is 2. The van der Waals surface area contributed by atoms with Crippen LogP contribution in [-0.4, -0.2) is 17.9 Å². The number of rotatable bonds is 3. The van der Waals surface area contributed by atoms with Crippen LogP contribution in [0, 0.1) is 0 Å². The molecule has 1 fully saturated rings. The van der Waals surface area contributed by atoms with Gasteiger partial charge in [0.15, 0.2) is 0 Å². The maximum Gasteiger partial charge on any atom is 0.256 e. The summed E-state index contributed by atoms with van der Waals surface area (Å²) in [5, 5.41) is 3.64. The molecule has 0 bridgehead atoms. The van der Waals surface area contributed by atoms with E-state index in [1.807, 2.05) is 12.1 Å². The first-order valence-electron chi connectivity index (χ1n) is 6.69. The zero-order valence-electron chi connectivity index (χ0n) is 11.4. The first-order chi connectivity index (χ1) is 10.6. The van der Waals surface area contributed by atoms with Crippen LogP contribution in [0.4, 0.5) is 11.4 Å². The molecule has 1 atom stereocenters. The Morgan fingerprint density at radius 2 is 1.91 bits per heavy atom. The van der Waals surface area contributed by atoms with Crippen molar-refractivity contribution in [3.05, 3.63) is 58.0 Å². The van der Waals surface area contributed by atoms with Crippen molar-refractivity contribution in [2.24, 2.45) is 0 Å². The fourth-order valence-corrected chi connectivity index (χ4v) is 3.06. The van der Waals surface area contributed by atoms with Gasteiger partial charge in [0.1, 0.15) is 6.04 Å². The van der Waals surface area contributed by atoms with Gasteiger partial charge in [0, 0.05) is 15.2 Å². The number of anilines is 2. The number of hydrogen-bond acceptors (Lipinski definition) is 3. The Kier molecular flexibility index (Phi) is 4.18. The van der Waals surface area contributed by atoms with E-state index in [1.54, 1.807) is 36.4 Å². The maximum atomic E-state index is 12.5. The average Bonchev–Trinajstić information content (AvgIpc) is 2.74. The largest absolute Gasteiger partial charge is 0.373 e. The van der Waals surface area contributed by atoms with Crippen molar-refractivity contribution in [1.82, 2.24) is 0 Å². The first kappa shape index (κ1) is 15.1. The van der Waals surface area contributed by atoms with Gasteiger partial charge in [-0.05, 0) is 46.3 Å². The van der Waals surface area contributed by atoms with Crippen LogP contribution in [0.5, 0.6) is 0 Å². The molecule has 1 heterocycles. The molecule has 2 aromatic carbocycles. The second kappa shape index (κ2) is 6.10. The monoisotopic (exact) mass is 378 g/mol. The van der Waals surface area contributed by atoms with Crippen LogP contribution < -0.4 is 10.2 Å². The fraction of sp³-hybridized carbons (Fsp3) is 0.125. The summed E-state index contributed by atoms with van der Waals surface area (Å²) < 4.78 is 0.708. The average molecular weight is 380 g/mol. The Bertz CT molecular complexity index is 750. The Hall–Kier alpha value is -1.85. The standard InChI is InChI=1S/C16H12BrClN2O2/c17-12-6-1-2-7-14(12)20-15(21)9-13(16(20)22)19-11-5-3-4-10(18)8-11/h1-8,13,19H,9H2/t13-/m0/s1. The quantitative estimate of drug-likeness (QED) is 0.824. The third-order valence-electron chi connectivity index (χ3n) is 3.41. The highest BCUT2D eigenvalue weighted by Crippen LogP contribution is 2.31. The first-order valence-corrected chi connectivity index (χ1v) is 7.87. The molecule has 1 aliphatic rings. The lowest BCUT2D eigenvalue weighted by atomic mass is 10.2. The molecule has 0 radical (unpaired) electrons. The Morgan fingerprint density at radius 3 is 2.64 bits per heavy atom. The lowest BCUT2D eigenvalue weighted by Gasteiger charge is -2.17. The molecule has 2 amide bonds. The number of imide groups is 1. The molecular formula is C16H12BrClN2O2. The minimum Gasteiger partial charge on any atom is -0.373 e. The smallest absolute Gasteiger partial charge is 0.256 e. The van der Waals surface area contributed by atoms with Crippen molar-refractivity contribution in [1.29, 1.82) is 0 Å². The highest BCUT2D eigenvalue weighted by molar-refractivity contribution is 9.10. The summed E-state index contributed by atoms with van der Waals surface area (Å²) in [6.07, 6.45) is 0.118. The van der Waals surface area contributed by atoms with Gasteiger partial charge >= 0.3 is 0 Å². The topological polar surface area (TPSA) is 49.4 Å². The number of nitrogens with one attached hydrogen (secondary N) is 1. The molecule has 1 saturated heterocycles. The van der Waals surface area contributed by atoms with E-state index >= 15 is 0 Å². The van der Waals surface area contributed by atoms with Gasteiger partial charge < -0.3 is 5.32 Å². The second-order valence-corrected chi connectivity index (χ2v) is 6.22. The van der Waals surface area contributed by atoms with Crippen molar-refractivity contribution in [2.45, 2.75) is 12.5 Å². The number of benzene rings is 2. The van der Waals surface area contributed by atoms with E-state index in [-0.39, 0.29) is 18.2 Å². The van der Waals surface area contributed by atoms with Gasteiger partial charge in [-0.1, -0.05) is 29.8 Å². The van der Waals surface area contributed by atoms with E-state index in [9.17, 15) is 9.59 Å². The maximum absolute atomic E-state index is 12.5. The van der Waals surface area contributed by atoms with E-state index in [4.69, 9.17) is 11.6 Å². The fourth-order valence-electron chi connectivity index (χ4n) is 2.41. The summed E-state index contributed by atoms with van der Waals surface area (Å²) in [5.74, 6) is -0.492. The van der Waals surface area contributed by atoms with Gasteiger partial charge in [0.2, 0.25) is 5.91 Å². The SMILES string of the molecule is O=C1C[C@H](Nc2cccc(Cl)c2)C(=O)N1c1ccccc1Br. The molecule has 0 aromatic heterocycles. The normalized spacial score (nSPS) is 17.9. The highest BCUT2D eigenvalue weighted by atomic mass is 79.9. The minimum atomic E-state index is -0.585. The molecule has 112 valence electrons. The van der Waals surface area contributed by atoms with Crippen LogP contribution in [-0.2, 0) is 9.59 Å². The minimum absolute atomic E-state index is 0.118. The van der Waals surface area contributed by atoms with Crippen LogP contribution >= 0.6 is 27.5 Å². The number of halogens is 2. The van der Waals surface area contributed by atoms with Gasteiger partial charge in [0.05, 0.1) is 12.1 Å². The van der Waals surface area contributed by atoms with Gasteiger partial charge in [-0.15, -0.1) is 0 Å². The predicted molar refractivity (Wildman–Crippen MR) is 90.1 cm³/mol.